The minimum Gasteiger partial charge on any atom is -0.462 e. The molecular weight excluding hydrogens is 288 g/mol. The van der Waals surface area contributed by atoms with Gasteiger partial charge in [0.2, 0.25) is 0 Å². The summed E-state index contributed by atoms with van der Waals surface area (Å²) < 4.78 is 6.60. The fourth-order valence-corrected chi connectivity index (χ4v) is 1.77. The van der Waals surface area contributed by atoms with Crippen molar-refractivity contribution < 1.29 is 14.5 Å². The molecular formula is C14H14N4O4. The molecule has 0 unspecified atom stereocenters. The fourth-order valence-electron chi connectivity index (χ4n) is 1.77. The summed E-state index contributed by atoms with van der Waals surface area (Å²) >= 11 is 0. The number of nitrogens with zero attached hydrogens (tertiary/aromatic N) is 4. The third kappa shape index (κ3) is 3.35. The molecule has 0 saturated carbocycles. The van der Waals surface area contributed by atoms with E-state index < -0.39 is 10.9 Å². The lowest BCUT2D eigenvalue weighted by atomic mass is 10.1. The lowest BCUT2D eigenvalue weighted by Gasteiger charge is -2.07. The lowest BCUT2D eigenvalue weighted by molar-refractivity contribution is -0.385. The van der Waals surface area contributed by atoms with Crippen LogP contribution < -0.4 is 0 Å². The van der Waals surface area contributed by atoms with Crippen molar-refractivity contribution in [2.45, 2.75) is 6.92 Å². The Morgan fingerprint density at radius 3 is 2.73 bits per heavy atom. The predicted octanol–water partition coefficient (Wildman–Crippen LogP) is 1.83. The van der Waals surface area contributed by atoms with Gasteiger partial charge >= 0.3 is 5.97 Å². The third-order valence-corrected chi connectivity index (χ3v) is 2.88. The highest BCUT2D eigenvalue weighted by Gasteiger charge is 2.17. The van der Waals surface area contributed by atoms with Crippen molar-refractivity contribution in [1.82, 2.24) is 14.8 Å². The average molecular weight is 302 g/mol. The predicted molar refractivity (Wildman–Crippen MR) is 78.6 cm³/mol. The summed E-state index contributed by atoms with van der Waals surface area (Å²) in [6, 6.07) is 4.43. The van der Waals surface area contributed by atoms with Crippen molar-refractivity contribution in [3.8, 4) is 0 Å². The van der Waals surface area contributed by atoms with Crippen LogP contribution in [-0.4, -0.2) is 32.3 Å². The van der Waals surface area contributed by atoms with E-state index in [1.165, 1.54) is 12.1 Å². The quantitative estimate of drug-likeness (QED) is 0.361. The first kappa shape index (κ1) is 15.4. The Hall–Kier alpha value is -3.03. The molecule has 0 radical (unpaired) electrons. The smallest absolute Gasteiger partial charge is 0.340 e. The van der Waals surface area contributed by atoms with Gasteiger partial charge in [-0.1, -0.05) is 0 Å². The summed E-state index contributed by atoms with van der Waals surface area (Å²) in [7, 11) is 1.73. The van der Waals surface area contributed by atoms with Crippen LogP contribution in [0, 0.1) is 10.1 Å². The first-order chi connectivity index (χ1) is 10.5. The van der Waals surface area contributed by atoms with Crippen molar-refractivity contribution in [2.75, 3.05) is 6.61 Å². The molecule has 0 aliphatic heterocycles. The van der Waals surface area contributed by atoms with Crippen LogP contribution >= 0.6 is 0 Å². The van der Waals surface area contributed by atoms with Crippen LogP contribution in [-0.2, 0) is 16.6 Å². The normalized spacial score (nSPS) is 11.3. The van der Waals surface area contributed by atoms with E-state index >= 15 is 0 Å². The van der Waals surface area contributed by atoms with Crippen molar-refractivity contribution in [2.24, 2.45) is 7.05 Å². The Morgan fingerprint density at radius 1 is 1.45 bits per heavy atom. The fraction of sp³-hybridized carbons (Fsp3) is 0.214. The SMILES string of the molecule is CCOC(=O)/C(=C/c1ccnn1C)c1ccc([N+](=O)[O-])cn1. The summed E-state index contributed by atoms with van der Waals surface area (Å²) in [5, 5.41) is 14.7. The summed E-state index contributed by atoms with van der Waals surface area (Å²) in [6.07, 6.45) is 4.28. The van der Waals surface area contributed by atoms with E-state index in [9.17, 15) is 14.9 Å². The molecule has 0 N–H and O–H groups in total. The summed E-state index contributed by atoms with van der Waals surface area (Å²) in [4.78, 5) is 26.2. The number of aryl methyl sites for hydroxylation is 1. The van der Waals surface area contributed by atoms with Gasteiger partial charge in [0.05, 0.1) is 28.5 Å². The zero-order chi connectivity index (χ0) is 16.1. The standard InChI is InChI=1S/C14H14N4O4/c1-3-22-14(19)12(8-10-6-7-16-17(10)2)13-5-4-11(9-15-13)18(20)21/h4-9H,3H2,1-2H3/b12-8+. The molecule has 2 rings (SSSR count). The van der Waals surface area contributed by atoms with Crippen LogP contribution in [0.1, 0.15) is 18.3 Å². The van der Waals surface area contributed by atoms with Crippen LogP contribution in [0.5, 0.6) is 0 Å². The van der Waals surface area contributed by atoms with E-state index in [4.69, 9.17) is 4.74 Å². The molecule has 0 saturated heterocycles. The summed E-state index contributed by atoms with van der Waals surface area (Å²) in [5.74, 6) is -0.551. The highest BCUT2D eigenvalue weighted by molar-refractivity contribution is 6.20. The van der Waals surface area contributed by atoms with Gasteiger partial charge in [0.25, 0.3) is 5.69 Å². The Kier molecular flexibility index (Phi) is 4.62. The van der Waals surface area contributed by atoms with E-state index in [-0.39, 0.29) is 17.9 Å². The lowest BCUT2D eigenvalue weighted by Crippen LogP contribution is -2.09. The molecule has 0 aromatic carbocycles. The average Bonchev–Trinajstić information content (AvgIpc) is 2.90. The molecule has 0 aliphatic rings. The van der Waals surface area contributed by atoms with Gasteiger partial charge in [-0.3, -0.25) is 14.8 Å². The van der Waals surface area contributed by atoms with E-state index in [0.717, 1.165) is 6.20 Å². The maximum absolute atomic E-state index is 12.1. The number of rotatable bonds is 5. The van der Waals surface area contributed by atoms with Crippen LogP contribution in [0.25, 0.3) is 11.6 Å². The highest BCUT2D eigenvalue weighted by Crippen LogP contribution is 2.20. The summed E-state index contributed by atoms with van der Waals surface area (Å²) in [5.41, 5.74) is 1.04. The van der Waals surface area contributed by atoms with E-state index in [0.29, 0.717) is 11.4 Å². The number of carbonyl (C=O) groups excluding carboxylic acids is 1. The zero-order valence-corrected chi connectivity index (χ0v) is 12.1. The number of carbonyl (C=O) groups is 1. The maximum atomic E-state index is 12.1. The second kappa shape index (κ2) is 6.61. The second-order valence-electron chi connectivity index (χ2n) is 4.32. The van der Waals surface area contributed by atoms with E-state index in [1.54, 1.807) is 37.0 Å². The van der Waals surface area contributed by atoms with Crippen molar-refractivity contribution in [3.05, 3.63) is 52.1 Å². The van der Waals surface area contributed by atoms with E-state index in [2.05, 4.69) is 10.1 Å². The molecule has 22 heavy (non-hydrogen) atoms. The molecule has 0 amide bonds. The Balaban J connectivity index is 2.44. The minimum atomic E-state index is -0.551. The molecule has 0 aliphatic carbocycles. The van der Waals surface area contributed by atoms with Gasteiger partial charge in [-0.2, -0.15) is 5.10 Å². The molecule has 2 aromatic heterocycles. The van der Waals surface area contributed by atoms with Gasteiger partial charge in [-0.15, -0.1) is 0 Å². The van der Waals surface area contributed by atoms with Crippen LogP contribution in [0.3, 0.4) is 0 Å². The van der Waals surface area contributed by atoms with E-state index in [1.807, 2.05) is 0 Å². The number of ether oxygens (including phenoxy) is 1. The van der Waals surface area contributed by atoms with Gasteiger partial charge in [0, 0.05) is 19.3 Å². The number of pyridine rings is 1. The van der Waals surface area contributed by atoms with Crippen LogP contribution in [0.4, 0.5) is 5.69 Å². The molecule has 8 nitrogen and oxygen atoms in total. The molecule has 0 fully saturated rings. The highest BCUT2D eigenvalue weighted by atomic mass is 16.6. The van der Waals surface area contributed by atoms with Gasteiger partial charge < -0.3 is 4.74 Å². The van der Waals surface area contributed by atoms with Crippen molar-refractivity contribution in [3.63, 3.8) is 0 Å². The summed E-state index contributed by atoms with van der Waals surface area (Å²) in [6.45, 7) is 1.91. The monoisotopic (exact) mass is 302 g/mol. The van der Waals surface area contributed by atoms with Crippen LogP contribution in [0.15, 0.2) is 30.6 Å². The molecule has 0 bridgehead atoms. The topological polar surface area (TPSA) is 100 Å². The number of esters is 1. The number of hydrogen-bond acceptors (Lipinski definition) is 6. The van der Waals surface area contributed by atoms with Gasteiger partial charge in [0.15, 0.2) is 0 Å². The molecule has 0 spiro atoms. The minimum absolute atomic E-state index is 0.146. The first-order valence-corrected chi connectivity index (χ1v) is 6.50. The molecule has 2 aromatic rings. The van der Waals surface area contributed by atoms with Crippen molar-refractivity contribution in [1.29, 1.82) is 0 Å². The van der Waals surface area contributed by atoms with Gasteiger partial charge in [-0.05, 0) is 25.1 Å². The Bertz CT molecular complexity index is 719. The number of nitro groups is 1. The van der Waals surface area contributed by atoms with Gasteiger partial charge in [0.1, 0.15) is 6.20 Å². The maximum Gasteiger partial charge on any atom is 0.340 e. The Morgan fingerprint density at radius 2 is 2.23 bits per heavy atom. The zero-order valence-electron chi connectivity index (χ0n) is 12.1. The number of hydrogen-bond donors (Lipinski definition) is 0. The second-order valence-corrected chi connectivity index (χ2v) is 4.32. The molecule has 2 heterocycles. The van der Waals surface area contributed by atoms with Crippen molar-refractivity contribution >= 4 is 23.3 Å². The first-order valence-electron chi connectivity index (χ1n) is 6.50. The third-order valence-electron chi connectivity index (χ3n) is 2.88. The largest absolute Gasteiger partial charge is 0.462 e. The molecule has 0 atom stereocenters. The molecule has 114 valence electrons. The Labute approximate surface area is 126 Å². The van der Waals surface area contributed by atoms with Gasteiger partial charge in [-0.25, -0.2) is 9.78 Å². The number of aromatic nitrogens is 3. The molecule has 8 heteroatoms. The van der Waals surface area contributed by atoms with Crippen LogP contribution in [0.2, 0.25) is 0 Å².